The number of ether oxygens (including phenoxy) is 1. The zero-order chi connectivity index (χ0) is 13.7. The van der Waals surface area contributed by atoms with Gasteiger partial charge in [0.1, 0.15) is 17.5 Å². The molecule has 0 amide bonds. The van der Waals surface area contributed by atoms with E-state index in [1.807, 2.05) is 30.3 Å². The molecule has 1 aromatic heterocycles. The van der Waals surface area contributed by atoms with Crippen LogP contribution in [0.1, 0.15) is 37.4 Å². The molecule has 2 aromatic rings. The molecule has 1 heterocycles. The minimum Gasteiger partial charge on any atom is -0.424 e. The SMILES string of the molecule is CCC(C)c1ccccc1Oc1nccc(C#N)n1. The van der Waals surface area contributed by atoms with Crippen molar-refractivity contribution in [1.29, 1.82) is 5.26 Å². The lowest BCUT2D eigenvalue weighted by Crippen LogP contribution is -1.99. The van der Waals surface area contributed by atoms with Gasteiger partial charge in [0, 0.05) is 6.20 Å². The van der Waals surface area contributed by atoms with Crippen LogP contribution in [0.15, 0.2) is 36.5 Å². The number of hydrogen-bond donors (Lipinski definition) is 0. The van der Waals surface area contributed by atoms with Crippen molar-refractivity contribution < 1.29 is 4.74 Å². The second-order valence-corrected chi connectivity index (χ2v) is 4.29. The van der Waals surface area contributed by atoms with Crippen molar-refractivity contribution in [1.82, 2.24) is 9.97 Å². The van der Waals surface area contributed by atoms with Crippen LogP contribution in [0.2, 0.25) is 0 Å². The highest BCUT2D eigenvalue weighted by molar-refractivity contribution is 5.37. The largest absolute Gasteiger partial charge is 0.424 e. The molecule has 0 spiro atoms. The van der Waals surface area contributed by atoms with Crippen molar-refractivity contribution in [3.8, 4) is 17.8 Å². The number of rotatable bonds is 4. The zero-order valence-corrected chi connectivity index (χ0v) is 11.0. The third kappa shape index (κ3) is 3.08. The van der Waals surface area contributed by atoms with E-state index in [0.29, 0.717) is 11.6 Å². The second kappa shape index (κ2) is 5.96. The molecule has 0 saturated carbocycles. The smallest absolute Gasteiger partial charge is 0.323 e. The predicted molar refractivity (Wildman–Crippen MR) is 72.0 cm³/mol. The minimum atomic E-state index is 0.204. The Balaban J connectivity index is 2.30. The fourth-order valence-corrected chi connectivity index (χ4v) is 1.75. The summed E-state index contributed by atoms with van der Waals surface area (Å²) in [6, 6.07) is 11.6. The molecule has 1 aromatic carbocycles. The van der Waals surface area contributed by atoms with E-state index in [-0.39, 0.29) is 6.01 Å². The Bertz CT molecular complexity index is 604. The van der Waals surface area contributed by atoms with Crippen LogP contribution in [-0.2, 0) is 0 Å². The molecule has 19 heavy (non-hydrogen) atoms. The molecule has 96 valence electrons. The zero-order valence-electron chi connectivity index (χ0n) is 11.0. The van der Waals surface area contributed by atoms with Crippen molar-refractivity contribution in [3.05, 3.63) is 47.8 Å². The Morgan fingerprint density at radius 2 is 2.11 bits per heavy atom. The molecule has 4 heteroatoms. The van der Waals surface area contributed by atoms with Gasteiger partial charge in [-0.1, -0.05) is 32.0 Å². The summed E-state index contributed by atoms with van der Waals surface area (Å²) in [5.41, 5.74) is 1.42. The van der Waals surface area contributed by atoms with E-state index in [4.69, 9.17) is 10.00 Å². The normalized spacial score (nSPS) is 11.6. The Morgan fingerprint density at radius 3 is 2.84 bits per heavy atom. The van der Waals surface area contributed by atoms with E-state index in [1.165, 1.54) is 6.20 Å². The van der Waals surface area contributed by atoms with Gasteiger partial charge < -0.3 is 4.74 Å². The van der Waals surface area contributed by atoms with Gasteiger partial charge in [0.15, 0.2) is 0 Å². The summed E-state index contributed by atoms with van der Waals surface area (Å²) in [7, 11) is 0. The minimum absolute atomic E-state index is 0.204. The Hall–Kier alpha value is -2.41. The van der Waals surface area contributed by atoms with Crippen LogP contribution in [0.25, 0.3) is 0 Å². The number of para-hydroxylation sites is 1. The first-order valence-corrected chi connectivity index (χ1v) is 6.24. The molecular formula is C15H15N3O. The van der Waals surface area contributed by atoms with E-state index in [1.54, 1.807) is 6.07 Å². The number of nitriles is 1. The molecule has 0 radical (unpaired) electrons. The molecule has 0 aliphatic rings. The van der Waals surface area contributed by atoms with Crippen LogP contribution in [-0.4, -0.2) is 9.97 Å². The summed E-state index contributed by atoms with van der Waals surface area (Å²) in [5, 5.41) is 8.81. The van der Waals surface area contributed by atoms with Crippen molar-refractivity contribution >= 4 is 0 Å². The van der Waals surface area contributed by atoms with Gasteiger partial charge in [-0.25, -0.2) is 4.98 Å². The van der Waals surface area contributed by atoms with Gasteiger partial charge in [-0.05, 0) is 30.0 Å². The van der Waals surface area contributed by atoms with Crippen LogP contribution in [0.4, 0.5) is 0 Å². The molecule has 0 fully saturated rings. The molecule has 0 saturated heterocycles. The van der Waals surface area contributed by atoms with Crippen LogP contribution in [0, 0.1) is 11.3 Å². The highest BCUT2D eigenvalue weighted by Crippen LogP contribution is 2.30. The van der Waals surface area contributed by atoms with Gasteiger partial charge in [-0.15, -0.1) is 0 Å². The number of aromatic nitrogens is 2. The topological polar surface area (TPSA) is 58.8 Å². The molecule has 2 rings (SSSR count). The molecule has 0 bridgehead atoms. The molecular weight excluding hydrogens is 238 g/mol. The predicted octanol–water partition coefficient (Wildman–Crippen LogP) is 3.65. The lowest BCUT2D eigenvalue weighted by atomic mass is 9.98. The van der Waals surface area contributed by atoms with Gasteiger partial charge in [0.05, 0.1) is 0 Å². The highest BCUT2D eigenvalue weighted by atomic mass is 16.5. The van der Waals surface area contributed by atoms with Crippen molar-refractivity contribution in [2.24, 2.45) is 0 Å². The van der Waals surface area contributed by atoms with Crippen LogP contribution in [0.5, 0.6) is 11.8 Å². The van der Waals surface area contributed by atoms with Crippen LogP contribution >= 0.6 is 0 Å². The van der Waals surface area contributed by atoms with E-state index < -0.39 is 0 Å². The third-order valence-electron chi connectivity index (χ3n) is 3.01. The summed E-state index contributed by atoms with van der Waals surface area (Å²) in [5.74, 6) is 1.14. The first kappa shape index (κ1) is 13.0. The van der Waals surface area contributed by atoms with Gasteiger partial charge >= 0.3 is 6.01 Å². The second-order valence-electron chi connectivity index (χ2n) is 4.29. The average molecular weight is 253 g/mol. The summed E-state index contributed by atoms with van der Waals surface area (Å²) in [6.45, 7) is 4.28. The van der Waals surface area contributed by atoms with E-state index >= 15 is 0 Å². The van der Waals surface area contributed by atoms with Crippen molar-refractivity contribution in [2.75, 3.05) is 0 Å². The van der Waals surface area contributed by atoms with Crippen molar-refractivity contribution in [3.63, 3.8) is 0 Å². The van der Waals surface area contributed by atoms with Crippen molar-refractivity contribution in [2.45, 2.75) is 26.2 Å². The summed E-state index contributed by atoms with van der Waals surface area (Å²) >= 11 is 0. The number of hydrogen-bond acceptors (Lipinski definition) is 4. The van der Waals surface area contributed by atoms with Gasteiger partial charge in [0.2, 0.25) is 0 Å². The third-order valence-corrected chi connectivity index (χ3v) is 3.01. The van der Waals surface area contributed by atoms with Gasteiger partial charge in [0.25, 0.3) is 0 Å². The Kier molecular flexibility index (Phi) is 4.09. The standard InChI is InChI=1S/C15H15N3O/c1-3-11(2)13-6-4-5-7-14(13)19-15-17-9-8-12(10-16)18-15/h4-9,11H,3H2,1-2H3. The van der Waals surface area contributed by atoms with E-state index in [2.05, 4.69) is 23.8 Å². The molecule has 0 aliphatic carbocycles. The van der Waals surface area contributed by atoms with Crippen LogP contribution in [0.3, 0.4) is 0 Å². The molecule has 1 atom stereocenters. The molecule has 0 N–H and O–H groups in total. The first-order chi connectivity index (χ1) is 9.24. The van der Waals surface area contributed by atoms with Gasteiger partial charge in [-0.2, -0.15) is 10.2 Å². The summed E-state index contributed by atoms with van der Waals surface area (Å²) < 4.78 is 5.70. The van der Waals surface area contributed by atoms with Crippen LogP contribution < -0.4 is 4.74 Å². The Morgan fingerprint density at radius 1 is 1.32 bits per heavy atom. The van der Waals surface area contributed by atoms with E-state index in [9.17, 15) is 0 Å². The van der Waals surface area contributed by atoms with E-state index in [0.717, 1.165) is 17.7 Å². The summed E-state index contributed by atoms with van der Waals surface area (Å²) in [6.07, 6.45) is 2.55. The fraction of sp³-hybridized carbons (Fsp3) is 0.267. The molecule has 1 unspecified atom stereocenters. The maximum Gasteiger partial charge on any atom is 0.323 e. The average Bonchev–Trinajstić information content (AvgIpc) is 2.47. The van der Waals surface area contributed by atoms with Gasteiger partial charge in [-0.3, -0.25) is 0 Å². The lowest BCUT2D eigenvalue weighted by molar-refractivity contribution is 0.432. The maximum atomic E-state index is 8.81. The molecule has 4 nitrogen and oxygen atoms in total. The number of nitrogens with zero attached hydrogens (tertiary/aromatic N) is 3. The monoisotopic (exact) mass is 253 g/mol. The fourth-order valence-electron chi connectivity index (χ4n) is 1.75. The first-order valence-electron chi connectivity index (χ1n) is 6.24. The number of benzene rings is 1. The maximum absolute atomic E-state index is 8.81. The Labute approximate surface area is 112 Å². The quantitative estimate of drug-likeness (QED) is 0.834. The lowest BCUT2D eigenvalue weighted by Gasteiger charge is -2.14. The summed E-state index contributed by atoms with van der Waals surface area (Å²) in [4.78, 5) is 8.04. The highest BCUT2D eigenvalue weighted by Gasteiger charge is 2.11. The molecule has 0 aliphatic heterocycles.